The van der Waals surface area contributed by atoms with Crippen LogP contribution in [-0.4, -0.2) is 11.6 Å². The summed E-state index contributed by atoms with van der Waals surface area (Å²) < 4.78 is 5.43. The Bertz CT molecular complexity index is 534. The van der Waals surface area contributed by atoms with Gasteiger partial charge >= 0.3 is 0 Å². The van der Waals surface area contributed by atoms with Crippen LogP contribution < -0.4 is 10.5 Å². The number of anilines is 1. The molecule has 96 valence electrons. The Labute approximate surface area is 112 Å². The fourth-order valence-electron chi connectivity index (χ4n) is 1.68. The minimum atomic E-state index is 0.462. The first-order chi connectivity index (χ1) is 8.61. The third-order valence-corrected chi connectivity index (χ3v) is 3.77. The van der Waals surface area contributed by atoms with Crippen molar-refractivity contribution in [3.05, 3.63) is 28.6 Å². The van der Waals surface area contributed by atoms with Crippen LogP contribution in [-0.2, 0) is 0 Å². The molecule has 0 aliphatic rings. The summed E-state index contributed by atoms with van der Waals surface area (Å²) in [4.78, 5) is 4.62. The summed E-state index contributed by atoms with van der Waals surface area (Å²) in [5.74, 6) is 1.20. The van der Waals surface area contributed by atoms with Crippen molar-refractivity contribution in [3.63, 3.8) is 0 Å². The molecule has 0 atom stereocenters. The number of hydrogen-bond acceptors (Lipinski definition) is 4. The lowest BCUT2D eigenvalue weighted by Gasteiger charge is -2.07. The normalized spacial score (nSPS) is 10.9. The predicted octanol–water partition coefficient (Wildman–Crippen LogP) is 3.91. The molecule has 0 amide bonds. The molecule has 3 nitrogen and oxygen atoms in total. The fraction of sp³-hybridized carbons (Fsp3) is 0.357. The van der Waals surface area contributed by atoms with Crippen LogP contribution in [0, 0.1) is 0 Å². The number of ether oxygens (including phenoxy) is 1. The number of nitrogens with two attached hydrogens (primary N) is 1. The molecule has 0 saturated heterocycles. The van der Waals surface area contributed by atoms with Crippen molar-refractivity contribution in [2.45, 2.75) is 26.7 Å². The first-order valence-electron chi connectivity index (χ1n) is 6.10. The van der Waals surface area contributed by atoms with Gasteiger partial charge in [-0.2, -0.15) is 0 Å². The van der Waals surface area contributed by atoms with Crippen molar-refractivity contribution in [2.75, 3.05) is 12.3 Å². The van der Waals surface area contributed by atoms with Gasteiger partial charge in [0.25, 0.3) is 0 Å². The van der Waals surface area contributed by atoms with Gasteiger partial charge in [-0.25, -0.2) is 4.98 Å². The molecule has 0 radical (unpaired) electrons. The Morgan fingerprint density at radius 3 is 2.72 bits per heavy atom. The third kappa shape index (κ3) is 2.64. The predicted molar refractivity (Wildman–Crippen MR) is 77.2 cm³/mol. The molecule has 2 aromatic rings. The van der Waals surface area contributed by atoms with E-state index in [-0.39, 0.29) is 0 Å². The molecule has 2 rings (SSSR count). The Balaban J connectivity index is 2.30. The van der Waals surface area contributed by atoms with Gasteiger partial charge in [0, 0.05) is 16.9 Å². The molecular formula is C14H18N2OS. The molecule has 0 fully saturated rings. The van der Waals surface area contributed by atoms with E-state index in [4.69, 9.17) is 10.5 Å². The second kappa shape index (κ2) is 5.40. The highest BCUT2D eigenvalue weighted by Gasteiger charge is 2.09. The Morgan fingerprint density at radius 2 is 2.17 bits per heavy atom. The number of rotatable bonds is 4. The van der Waals surface area contributed by atoms with E-state index in [9.17, 15) is 0 Å². The zero-order valence-electron chi connectivity index (χ0n) is 10.9. The van der Waals surface area contributed by atoms with Gasteiger partial charge < -0.3 is 10.5 Å². The third-order valence-electron chi connectivity index (χ3n) is 2.62. The molecule has 4 heteroatoms. The van der Waals surface area contributed by atoms with Crippen LogP contribution in [0.2, 0.25) is 0 Å². The van der Waals surface area contributed by atoms with Crippen molar-refractivity contribution in [1.82, 2.24) is 4.98 Å². The highest BCUT2D eigenvalue weighted by molar-refractivity contribution is 7.10. The van der Waals surface area contributed by atoms with Gasteiger partial charge in [-0.1, -0.05) is 13.8 Å². The zero-order valence-corrected chi connectivity index (χ0v) is 11.8. The highest BCUT2D eigenvalue weighted by Crippen LogP contribution is 2.30. The van der Waals surface area contributed by atoms with Gasteiger partial charge in [0.05, 0.1) is 23.0 Å². The van der Waals surface area contributed by atoms with E-state index >= 15 is 0 Å². The molecule has 0 bridgehead atoms. The van der Waals surface area contributed by atoms with Crippen molar-refractivity contribution in [2.24, 2.45) is 0 Å². The minimum absolute atomic E-state index is 0.462. The second-order valence-corrected chi connectivity index (χ2v) is 5.30. The maximum absolute atomic E-state index is 5.96. The molecule has 18 heavy (non-hydrogen) atoms. The zero-order chi connectivity index (χ0) is 13.1. The van der Waals surface area contributed by atoms with Crippen LogP contribution in [0.15, 0.2) is 23.6 Å². The van der Waals surface area contributed by atoms with E-state index in [2.05, 4.69) is 24.2 Å². The molecule has 1 aromatic carbocycles. The summed E-state index contributed by atoms with van der Waals surface area (Å²) in [7, 11) is 0. The van der Waals surface area contributed by atoms with Crippen LogP contribution in [0.1, 0.15) is 31.7 Å². The molecule has 0 aliphatic heterocycles. The van der Waals surface area contributed by atoms with Crippen LogP contribution in [0.25, 0.3) is 11.3 Å². The first-order valence-corrected chi connectivity index (χ1v) is 6.98. The SMILES string of the molecule is CCOc1ccc(-c2csc(C(C)C)n2)cc1N. The number of aromatic nitrogens is 1. The van der Waals surface area contributed by atoms with Crippen LogP contribution >= 0.6 is 11.3 Å². The smallest absolute Gasteiger partial charge is 0.142 e. The fourth-order valence-corrected chi connectivity index (χ4v) is 2.52. The number of thiazole rings is 1. The summed E-state index contributed by atoms with van der Waals surface area (Å²) in [5, 5.41) is 3.22. The molecule has 1 heterocycles. The quantitative estimate of drug-likeness (QED) is 0.850. The molecule has 2 N–H and O–H groups in total. The van der Waals surface area contributed by atoms with E-state index in [1.54, 1.807) is 11.3 Å². The molecule has 0 saturated carbocycles. The van der Waals surface area contributed by atoms with E-state index in [1.807, 2.05) is 25.1 Å². The Hall–Kier alpha value is -1.55. The minimum Gasteiger partial charge on any atom is -0.492 e. The summed E-state index contributed by atoms with van der Waals surface area (Å²) in [6, 6.07) is 5.83. The monoisotopic (exact) mass is 262 g/mol. The van der Waals surface area contributed by atoms with Gasteiger partial charge in [0.1, 0.15) is 5.75 Å². The number of hydrogen-bond donors (Lipinski definition) is 1. The maximum Gasteiger partial charge on any atom is 0.142 e. The van der Waals surface area contributed by atoms with Crippen LogP contribution in [0.5, 0.6) is 5.75 Å². The first kappa shape index (κ1) is 12.9. The summed E-state index contributed by atoms with van der Waals surface area (Å²) in [6.45, 7) is 6.87. The average Bonchev–Trinajstić information content (AvgIpc) is 2.81. The van der Waals surface area contributed by atoms with E-state index in [0.717, 1.165) is 22.0 Å². The van der Waals surface area contributed by atoms with Crippen molar-refractivity contribution in [1.29, 1.82) is 0 Å². The van der Waals surface area contributed by atoms with Gasteiger partial charge in [-0.05, 0) is 25.1 Å². The van der Waals surface area contributed by atoms with E-state index < -0.39 is 0 Å². The lowest BCUT2D eigenvalue weighted by molar-refractivity contribution is 0.342. The lowest BCUT2D eigenvalue weighted by atomic mass is 10.1. The topological polar surface area (TPSA) is 48.1 Å². The van der Waals surface area contributed by atoms with Crippen molar-refractivity contribution in [3.8, 4) is 17.0 Å². The summed E-state index contributed by atoms with van der Waals surface area (Å²) >= 11 is 1.69. The molecule has 1 aromatic heterocycles. The second-order valence-electron chi connectivity index (χ2n) is 4.41. The van der Waals surface area contributed by atoms with E-state index in [0.29, 0.717) is 18.2 Å². The summed E-state index contributed by atoms with van der Waals surface area (Å²) in [6.07, 6.45) is 0. The van der Waals surface area contributed by atoms with E-state index in [1.165, 1.54) is 0 Å². The standard InChI is InChI=1S/C14H18N2OS/c1-4-17-13-6-5-10(7-11(13)15)12-8-18-14(16-12)9(2)3/h5-9H,4,15H2,1-3H3. The molecule has 0 aliphatic carbocycles. The lowest BCUT2D eigenvalue weighted by Crippen LogP contribution is -1.97. The van der Waals surface area contributed by atoms with Crippen molar-refractivity contribution < 1.29 is 4.74 Å². The van der Waals surface area contributed by atoms with Crippen LogP contribution in [0.4, 0.5) is 5.69 Å². The average molecular weight is 262 g/mol. The molecular weight excluding hydrogens is 244 g/mol. The van der Waals surface area contributed by atoms with Gasteiger partial charge in [-0.3, -0.25) is 0 Å². The van der Waals surface area contributed by atoms with Gasteiger partial charge in [0.2, 0.25) is 0 Å². The van der Waals surface area contributed by atoms with Crippen LogP contribution in [0.3, 0.4) is 0 Å². The van der Waals surface area contributed by atoms with Gasteiger partial charge in [0.15, 0.2) is 0 Å². The molecule has 0 spiro atoms. The Morgan fingerprint density at radius 1 is 1.39 bits per heavy atom. The maximum atomic E-state index is 5.96. The molecule has 0 unspecified atom stereocenters. The van der Waals surface area contributed by atoms with Crippen molar-refractivity contribution >= 4 is 17.0 Å². The number of nitrogens with zero attached hydrogens (tertiary/aromatic N) is 1. The summed E-state index contributed by atoms with van der Waals surface area (Å²) in [5.41, 5.74) is 8.65. The highest BCUT2D eigenvalue weighted by atomic mass is 32.1. The van der Waals surface area contributed by atoms with Gasteiger partial charge in [-0.15, -0.1) is 11.3 Å². The Kier molecular flexibility index (Phi) is 3.87. The largest absolute Gasteiger partial charge is 0.492 e. The number of nitrogen functional groups attached to an aromatic ring is 1. The number of benzene rings is 1.